The van der Waals surface area contributed by atoms with E-state index in [1.807, 2.05) is 0 Å². The van der Waals surface area contributed by atoms with E-state index in [-0.39, 0.29) is 110 Å². The van der Waals surface area contributed by atoms with Crippen LogP contribution >= 0.6 is 0 Å². The van der Waals surface area contributed by atoms with E-state index in [0.717, 1.165) is 0 Å². The van der Waals surface area contributed by atoms with E-state index >= 15 is 0 Å². The van der Waals surface area contributed by atoms with Crippen LogP contribution in [0.5, 0.6) is 0 Å². The fraction of sp³-hybridized carbons (Fsp3) is 1.00. The third-order valence-corrected chi connectivity index (χ3v) is 5.81. The van der Waals surface area contributed by atoms with Gasteiger partial charge in [-0.25, -0.2) is 0 Å². The summed E-state index contributed by atoms with van der Waals surface area (Å²) in [5, 5.41) is 77.0. The molecule has 0 aliphatic rings. The molecule has 40 heavy (non-hydrogen) atoms. The predicted octanol–water partition coefficient (Wildman–Crippen LogP) is -4.43. The van der Waals surface area contributed by atoms with Gasteiger partial charge in [0.15, 0.2) is 0 Å². The van der Waals surface area contributed by atoms with Gasteiger partial charge < -0.3 is 74.6 Å². The molecule has 0 rings (SSSR count). The van der Waals surface area contributed by atoms with Crippen LogP contribution in [0.25, 0.3) is 0 Å². The average Bonchev–Trinajstić information content (AvgIpc) is 2.98. The standard InChI is InChI=1S/C25H53NO14/c1-26-2-19(11-35-13-20(15-37-22(3-27)4-28)16-38-23(5-29)6-30)12-36-14-21(17-39-24(7-31)8-32)18-40-25(9-33)10-34/h19-34H,2-18H2,1H3. The van der Waals surface area contributed by atoms with Crippen LogP contribution in [0.2, 0.25) is 0 Å². The van der Waals surface area contributed by atoms with Crippen LogP contribution in [0.15, 0.2) is 0 Å². The van der Waals surface area contributed by atoms with Gasteiger partial charge in [-0.1, -0.05) is 0 Å². The molecule has 0 aliphatic carbocycles. The summed E-state index contributed by atoms with van der Waals surface area (Å²) in [5.74, 6) is -0.647. The Bertz CT molecular complexity index is 448. The maximum absolute atomic E-state index is 9.24. The summed E-state index contributed by atoms with van der Waals surface area (Å²) in [7, 11) is 1.80. The smallest absolute Gasteiger partial charge is 0.104 e. The second kappa shape index (κ2) is 27.2. The molecule has 0 amide bonds. The van der Waals surface area contributed by atoms with E-state index in [0.29, 0.717) is 19.8 Å². The predicted molar refractivity (Wildman–Crippen MR) is 142 cm³/mol. The molecular weight excluding hydrogens is 538 g/mol. The molecule has 0 aromatic rings. The fourth-order valence-corrected chi connectivity index (χ4v) is 3.29. The molecule has 0 bridgehead atoms. The largest absolute Gasteiger partial charge is 0.394 e. The van der Waals surface area contributed by atoms with Crippen molar-refractivity contribution in [2.45, 2.75) is 24.4 Å². The molecule has 15 nitrogen and oxygen atoms in total. The Hall–Kier alpha value is -0.600. The average molecular weight is 592 g/mol. The lowest BCUT2D eigenvalue weighted by Gasteiger charge is -2.25. The van der Waals surface area contributed by atoms with E-state index in [9.17, 15) is 40.9 Å². The zero-order valence-electron chi connectivity index (χ0n) is 23.6. The van der Waals surface area contributed by atoms with Crippen molar-refractivity contribution in [3.8, 4) is 0 Å². The minimum Gasteiger partial charge on any atom is -0.394 e. The van der Waals surface area contributed by atoms with Gasteiger partial charge in [0.25, 0.3) is 0 Å². The van der Waals surface area contributed by atoms with E-state index in [2.05, 4.69) is 5.32 Å². The van der Waals surface area contributed by atoms with E-state index < -0.39 is 24.4 Å². The number of hydrogen-bond acceptors (Lipinski definition) is 15. The lowest BCUT2D eigenvalue weighted by Crippen LogP contribution is -2.34. The summed E-state index contributed by atoms with van der Waals surface area (Å²) < 4.78 is 33.8. The van der Waals surface area contributed by atoms with Crippen molar-refractivity contribution in [3.63, 3.8) is 0 Å². The highest BCUT2D eigenvalue weighted by Gasteiger charge is 2.20. The molecule has 0 atom stereocenters. The molecule has 0 saturated heterocycles. The van der Waals surface area contributed by atoms with Crippen LogP contribution in [0.1, 0.15) is 0 Å². The van der Waals surface area contributed by atoms with Crippen LogP contribution in [-0.2, 0) is 28.4 Å². The SMILES string of the molecule is CNCC(COCC(COC(CO)CO)COC(CO)CO)COCC(COC(CO)CO)COC(CO)CO. The van der Waals surface area contributed by atoms with Gasteiger partial charge in [0, 0.05) is 24.3 Å². The Morgan fingerprint density at radius 2 is 0.650 bits per heavy atom. The molecule has 0 aliphatic heterocycles. The Balaban J connectivity index is 4.88. The van der Waals surface area contributed by atoms with Crippen molar-refractivity contribution >= 4 is 0 Å². The maximum atomic E-state index is 9.24. The first-order valence-corrected chi connectivity index (χ1v) is 13.6. The van der Waals surface area contributed by atoms with E-state index in [4.69, 9.17) is 28.4 Å². The number of hydrogen-bond donors (Lipinski definition) is 9. The van der Waals surface area contributed by atoms with Gasteiger partial charge in [-0.2, -0.15) is 0 Å². The summed E-state index contributed by atoms with van der Waals surface area (Å²) in [5.41, 5.74) is 0. The minimum absolute atomic E-state index is 0.0505. The van der Waals surface area contributed by atoms with Gasteiger partial charge in [0.05, 0.1) is 106 Å². The van der Waals surface area contributed by atoms with Crippen LogP contribution in [0.4, 0.5) is 0 Å². The molecule has 0 fully saturated rings. The Labute approximate surface area is 236 Å². The van der Waals surface area contributed by atoms with Gasteiger partial charge in [-0.15, -0.1) is 0 Å². The first-order chi connectivity index (χ1) is 19.4. The highest BCUT2D eigenvalue weighted by atomic mass is 16.5. The number of ether oxygens (including phenoxy) is 6. The number of aliphatic hydroxyl groups excluding tert-OH is 8. The molecule has 0 radical (unpaired) electrons. The van der Waals surface area contributed by atoms with Crippen LogP contribution in [0, 0.1) is 17.8 Å². The number of rotatable bonds is 30. The minimum atomic E-state index is -0.740. The van der Waals surface area contributed by atoms with Crippen LogP contribution in [0.3, 0.4) is 0 Å². The summed E-state index contributed by atoms with van der Waals surface area (Å²) >= 11 is 0. The third-order valence-electron chi connectivity index (χ3n) is 5.81. The van der Waals surface area contributed by atoms with Gasteiger partial charge in [-0.05, 0) is 7.05 Å². The molecule has 0 saturated carbocycles. The monoisotopic (exact) mass is 591 g/mol. The second-order valence-corrected chi connectivity index (χ2v) is 9.51. The fourth-order valence-electron chi connectivity index (χ4n) is 3.29. The normalized spacial score (nSPS) is 12.6. The first-order valence-electron chi connectivity index (χ1n) is 13.6. The highest BCUT2D eigenvalue weighted by Crippen LogP contribution is 2.09. The summed E-state index contributed by atoms with van der Waals surface area (Å²) in [6.45, 7) is -0.650. The van der Waals surface area contributed by atoms with Crippen molar-refractivity contribution < 1.29 is 69.3 Å². The van der Waals surface area contributed by atoms with Gasteiger partial charge >= 0.3 is 0 Å². The lowest BCUT2D eigenvalue weighted by atomic mass is 10.1. The molecule has 0 spiro atoms. The maximum Gasteiger partial charge on any atom is 0.104 e. The molecule has 0 aromatic carbocycles. The highest BCUT2D eigenvalue weighted by molar-refractivity contribution is 4.66. The molecule has 0 unspecified atom stereocenters. The summed E-state index contributed by atoms with van der Waals surface area (Å²) in [4.78, 5) is 0. The topological polar surface area (TPSA) is 229 Å². The number of nitrogens with one attached hydrogen (secondary N) is 1. The van der Waals surface area contributed by atoms with E-state index in [1.54, 1.807) is 7.05 Å². The molecular formula is C25H53NO14. The van der Waals surface area contributed by atoms with E-state index in [1.165, 1.54) is 0 Å². The van der Waals surface area contributed by atoms with Crippen molar-refractivity contribution in [2.24, 2.45) is 17.8 Å². The van der Waals surface area contributed by atoms with Gasteiger partial charge in [-0.3, -0.25) is 0 Å². The van der Waals surface area contributed by atoms with Crippen molar-refractivity contribution in [1.82, 2.24) is 5.32 Å². The quantitative estimate of drug-likeness (QED) is 0.0384. The van der Waals surface area contributed by atoms with Crippen molar-refractivity contribution in [2.75, 3.05) is 119 Å². The molecule has 9 N–H and O–H groups in total. The molecule has 0 heterocycles. The Morgan fingerprint density at radius 3 is 0.875 bits per heavy atom. The van der Waals surface area contributed by atoms with Crippen LogP contribution in [-0.4, -0.2) is 185 Å². The van der Waals surface area contributed by atoms with Crippen molar-refractivity contribution in [3.05, 3.63) is 0 Å². The van der Waals surface area contributed by atoms with Crippen LogP contribution < -0.4 is 5.32 Å². The van der Waals surface area contributed by atoms with Gasteiger partial charge in [0.1, 0.15) is 24.4 Å². The Morgan fingerprint density at radius 1 is 0.400 bits per heavy atom. The third kappa shape index (κ3) is 19.5. The lowest BCUT2D eigenvalue weighted by molar-refractivity contribution is -0.0922. The molecule has 15 heteroatoms. The summed E-state index contributed by atoms with van der Waals surface area (Å²) in [6, 6.07) is 0. The summed E-state index contributed by atoms with van der Waals surface area (Å²) in [6.07, 6.45) is -2.96. The zero-order valence-corrected chi connectivity index (χ0v) is 23.6. The Kier molecular flexibility index (Phi) is 26.8. The first kappa shape index (κ1) is 39.4. The van der Waals surface area contributed by atoms with Crippen molar-refractivity contribution in [1.29, 1.82) is 0 Å². The number of aliphatic hydroxyl groups is 8. The second-order valence-electron chi connectivity index (χ2n) is 9.51. The molecule has 0 aromatic heterocycles. The van der Waals surface area contributed by atoms with Gasteiger partial charge in [0.2, 0.25) is 0 Å². The zero-order chi connectivity index (χ0) is 30.0. The molecule has 242 valence electrons.